The summed E-state index contributed by atoms with van der Waals surface area (Å²) in [6.45, 7) is 6.81. The van der Waals surface area contributed by atoms with Gasteiger partial charge in [-0.3, -0.25) is 4.57 Å². The molecule has 3 heteroatoms. The van der Waals surface area contributed by atoms with Crippen molar-refractivity contribution < 1.29 is 0 Å². The normalized spacial score (nSPS) is 12.9. The summed E-state index contributed by atoms with van der Waals surface area (Å²) in [6, 6.07) is 61.2. The Hall–Kier alpha value is -6.19. The zero-order valence-corrected chi connectivity index (χ0v) is 28.5. The van der Waals surface area contributed by atoms with E-state index in [9.17, 15) is 0 Å². The molecule has 1 aliphatic carbocycles. The SMILES string of the molecule is Cc1ccc(-n2c(-c3ccc(N(c4ccc(-c5ccccc5)cc4)c4ccc5c(c4)C(C)(C)c4ccccc4-5)cc3)nc3ccccc32)cc1. The van der Waals surface area contributed by atoms with Crippen molar-refractivity contribution in [3.8, 4) is 39.3 Å². The number of anilines is 3. The second-order valence-electron chi connectivity index (χ2n) is 13.8. The van der Waals surface area contributed by atoms with Crippen LogP contribution in [-0.4, -0.2) is 9.55 Å². The molecule has 0 bridgehead atoms. The summed E-state index contributed by atoms with van der Waals surface area (Å²) in [5.74, 6) is 0.928. The highest BCUT2D eigenvalue weighted by Gasteiger charge is 2.35. The number of hydrogen-bond donors (Lipinski definition) is 0. The Kier molecular flexibility index (Phi) is 7.03. The molecule has 0 spiro atoms. The maximum atomic E-state index is 5.14. The maximum absolute atomic E-state index is 5.14. The minimum atomic E-state index is -0.0936. The molecule has 0 radical (unpaired) electrons. The Morgan fingerprint density at radius 2 is 1.08 bits per heavy atom. The van der Waals surface area contributed by atoms with Crippen LogP contribution in [0.3, 0.4) is 0 Å². The van der Waals surface area contributed by atoms with Crippen LogP contribution in [0.2, 0.25) is 0 Å². The third-order valence-corrected chi connectivity index (χ3v) is 10.3. The lowest BCUT2D eigenvalue weighted by Gasteiger charge is -2.28. The number of aromatic nitrogens is 2. The van der Waals surface area contributed by atoms with Crippen LogP contribution < -0.4 is 4.90 Å². The molecule has 1 heterocycles. The van der Waals surface area contributed by atoms with Crippen LogP contribution in [0.25, 0.3) is 50.4 Å². The Labute approximate surface area is 293 Å². The lowest BCUT2D eigenvalue weighted by atomic mass is 9.82. The van der Waals surface area contributed by atoms with E-state index in [1.807, 2.05) is 0 Å². The number of imidazole rings is 1. The van der Waals surface area contributed by atoms with Crippen LogP contribution >= 0.6 is 0 Å². The van der Waals surface area contributed by atoms with Crippen LogP contribution in [0.5, 0.6) is 0 Å². The van der Waals surface area contributed by atoms with E-state index >= 15 is 0 Å². The first-order valence-electron chi connectivity index (χ1n) is 17.3. The van der Waals surface area contributed by atoms with E-state index in [0.29, 0.717) is 0 Å². The van der Waals surface area contributed by atoms with Crippen LogP contribution in [-0.2, 0) is 5.41 Å². The van der Waals surface area contributed by atoms with Crippen LogP contribution in [0, 0.1) is 6.92 Å². The molecule has 0 unspecified atom stereocenters. The molecule has 7 aromatic carbocycles. The van der Waals surface area contributed by atoms with Crippen molar-refractivity contribution in [2.75, 3.05) is 4.90 Å². The number of aryl methyl sites for hydroxylation is 1. The molecule has 0 atom stereocenters. The van der Waals surface area contributed by atoms with E-state index in [1.165, 1.54) is 38.9 Å². The van der Waals surface area contributed by atoms with Gasteiger partial charge in [-0.2, -0.15) is 0 Å². The predicted molar refractivity (Wildman–Crippen MR) is 209 cm³/mol. The van der Waals surface area contributed by atoms with Crippen molar-refractivity contribution in [1.82, 2.24) is 9.55 Å². The van der Waals surface area contributed by atoms with Crippen molar-refractivity contribution in [2.24, 2.45) is 0 Å². The number of benzene rings is 7. The van der Waals surface area contributed by atoms with Gasteiger partial charge in [0.15, 0.2) is 0 Å². The Morgan fingerprint density at radius 1 is 0.500 bits per heavy atom. The smallest absolute Gasteiger partial charge is 0.145 e. The van der Waals surface area contributed by atoms with Crippen molar-refractivity contribution in [3.05, 3.63) is 187 Å². The molecule has 1 aliphatic rings. The van der Waals surface area contributed by atoms with Gasteiger partial charge in [-0.25, -0.2) is 4.98 Å². The van der Waals surface area contributed by atoms with E-state index in [2.05, 4.69) is 200 Å². The molecule has 0 saturated carbocycles. The number of hydrogen-bond acceptors (Lipinski definition) is 2. The van der Waals surface area contributed by atoms with Gasteiger partial charge in [0.2, 0.25) is 0 Å². The highest BCUT2D eigenvalue weighted by atomic mass is 15.1. The second kappa shape index (κ2) is 11.7. The average Bonchev–Trinajstić information content (AvgIpc) is 3.66. The monoisotopic (exact) mass is 643 g/mol. The first kappa shape index (κ1) is 29.9. The van der Waals surface area contributed by atoms with Gasteiger partial charge in [-0.15, -0.1) is 0 Å². The average molecular weight is 644 g/mol. The molecule has 3 nitrogen and oxygen atoms in total. The summed E-state index contributed by atoms with van der Waals surface area (Å²) in [4.78, 5) is 7.51. The molecule has 9 rings (SSSR count). The lowest BCUT2D eigenvalue weighted by molar-refractivity contribution is 0.660. The highest BCUT2D eigenvalue weighted by Crippen LogP contribution is 2.50. The summed E-state index contributed by atoms with van der Waals surface area (Å²) in [6.07, 6.45) is 0. The summed E-state index contributed by atoms with van der Waals surface area (Å²) in [7, 11) is 0. The fraction of sp³-hybridized carbons (Fsp3) is 0.0851. The molecule has 0 saturated heterocycles. The van der Waals surface area contributed by atoms with Gasteiger partial charge in [0.05, 0.1) is 11.0 Å². The van der Waals surface area contributed by atoms with Crippen molar-refractivity contribution >= 4 is 28.1 Å². The van der Waals surface area contributed by atoms with Gasteiger partial charge >= 0.3 is 0 Å². The molecule has 240 valence electrons. The fourth-order valence-corrected chi connectivity index (χ4v) is 7.65. The van der Waals surface area contributed by atoms with Gasteiger partial charge < -0.3 is 4.90 Å². The minimum absolute atomic E-state index is 0.0936. The Bertz CT molecular complexity index is 2490. The topological polar surface area (TPSA) is 21.1 Å². The number of nitrogens with zero attached hydrogens (tertiary/aromatic N) is 3. The second-order valence-corrected chi connectivity index (χ2v) is 13.8. The Morgan fingerprint density at radius 3 is 1.82 bits per heavy atom. The van der Waals surface area contributed by atoms with Crippen LogP contribution in [0.15, 0.2) is 170 Å². The number of fused-ring (bicyclic) bond motifs is 4. The maximum Gasteiger partial charge on any atom is 0.145 e. The van der Waals surface area contributed by atoms with E-state index < -0.39 is 0 Å². The van der Waals surface area contributed by atoms with Gasteiger partial charge in [-0.1, -0.05) is 116 Å². The van der Waals surface area contributed by atoms with E-state index in [1.54, 1.807) is 0 Å². The van der Waals surface area contributed by atoms with Gasteiger partial charge in [0, 0.05) is 33.7 Å². The third kappa shape index (κ3) is 4.93. The lowest BCUT2D eigenvalue weighted by Crippen LogP contribution is -2.16. The van der Waals surface area contributed by atoms with Gasteiger partial charge in [0.25, 0.3) is 0 Å². The zero-order chi connectivity index (χ0) is 33.8. The molecule has 0 fully saturated rings. The molecule has 50 heavy (non-hydrogen) atoms. The molecule has 0 N–H and O–H groups in total. The standard InChI is InChI=1S/C47H37N3/c1-32-17-23-38(24-18-32)50-45-16-10-9-15-44(45)48-46(50)35-21-27-37(28-22-35)49(36-25-19-34(20-26-36)33-11-5-4-6-12-33)39-29-30-41-40-13-7-8-14-42(40)47(2,3)43(41)31-39/h4-31H,1-3H3. The van der Waals surface area contributed by atoms with Crippen LogP contribution in [0.1, 0.15) is 30.5 Å². The summed E-state index contributed by atoms with van der Waals surface area (Å²) in [5, 5.41) is 0. The highest BCUT2D eigenvalue weighted by molar-refractivity contribution is 5.87. The van der Waals surface area contributed by atoms with E-state index in [-0.39, 0.29) is 5.41 Å². The molecule has 1 aromatic heterocycles. The molecular weight excluding hydrogens is 607 g/mol. The predicted octanol–water partition coefficient (Wildman–Crippen LogP) is 12.4. The van der Waals surface area contributed by atoms with Crippen molar-refractivity contribution in [2.45, 2.75) is 26.2 Å². The van der Waals surface area contributed by atoms with Gasteiger partial charge in [-0.05, 0) is 113 Å². The third-order valence-electron chi connectivity index (χ3n) is 10.3. The largest absolute Gasteiger partial charge is 0.310 e. The molecule has 8 aromatic rings. The molecule has 0 amide bonds. The first-order valence-corrected chi connectivity index (χ1v) is 17.3. The minimum Gasteiger partial charge on any atom is -0.310 e. The summed E-state index contributed by atoms with van der Waals surface area (Å²) >= 11 is 0. The summed E-state index contributed by atoms with van der Waals surface area (Å²) < 4.78 is 2.27. The van der Waals surface area contributed by atoms with Crippen molar-refractivity contribution in [1.29, 1.82) is 0 Å². The van der Waals surface area contributed by atoms with Gasteiger partial charge in [0.1, 0.15) is 5.82 Å². The zero-order valence-electron chi connectivity index (χ0n) is 28.5. The summed E-state index contributed by atoms with van der Waals surface area (Å²) in [5.41, 5.74) is 16.5. The molecular formula is C47H37N3. The molecule has 0 aliphatic heterocycles. The fourth-order valence-electron chi connectivity index (χ4n) is 7.65. The number of rotatable bonds is 6. The first-order chi connectivity index (χ1) is 24.5. The van der Waals surface area contributed by atoms with Crippen LogP contribution in [0.4, 0.5) is 17.1 Å². The van der Waals surface area contributed by atoms with Crippen molar-refractivity contribution in [3.63, 3.8) is 0 Å². The quantitative estimate of drug-likeness (QED) is 0.180. The number of para-hydroxylation sites is 2. The van der Waals surface area contributed by atoms with E-state index in [4.69, 9.17) is 4.98 Å². The Balaban J connectivity index is 1.17. The van der Waals surface area contributed by atoms with E-state index in [0.717, 1.165) is 45.2 Å².